The first-order chi connectivity index (χ1) is 17.2. The molecule has 5 rings (SSSR count). The van der Waals surface area contributed by atoms with E-state index in [2.05, 4.69) is 0 Å². The molecule has 11 heteroatoms. The third-order valence-electron chi connectivity index (χ3n) is 6.63. The van der Waals surface area contributed by atoms with Gasteiger partial charge in [-0.2, -0.15) is 0 Å². The zero-order valence-corrected chi connectivity index (χ0v) is 19.7. The molecule has 11 nitrogen and oxygen atoms in total. The molecule has 0 saturated carbocycles. The van der Waals surface area contributed by atoms with Crippen molar-refractivity contribution in [3.63, 3.8) is 0 Å². The summed E-state index contributed by atoms with van der Waals surface area (Å²) in [6.45, 7) is 2.80. The van der Waals surface area contributed by atoms with Crippen molar-refractivity contribution in [2.24, 2.45) is 5.73 Å². The largest absolute Gasteiger partial charge is 0.489 e. The fourth-order valence-electron chi connectivity index (χ4n) is 5.26. The molecule has 4 atom stereocenters. The maximum Gasteiger partial charge on any atom is 0.404 e. The van der Waals surface area contributed by atoms with Crippen LogP contribution in [-0.2, 0) is 30.5 Å². The zero-order chi connectivity index (χ0) is 25.6. The molecule has 2 saturated heterocycles. The van der Waals surface area contributed by atoms with Gasteiger partial charge in [-0.25, -0.2) is 14.7 Å². The normalized spacial score (nSPS) is 25.2. The maximum atomic E-state index is 12.4. The molecule has 3 aliphatic rings. The molecule has 3 aliphatic heterocycles. The van der Waals surface area contributed by atoms with Crippen LogP contribution in [0.15, 0.2) is 42.5 Å². The average molecular weight is 495 g/mol. The molecule has 4 unspecified atom stereocenters. The van der Waals surface area contributed by atoms with E-state index in [1.54, 1.807) is 17.0 Å². The lowest BCUT2D eigenvalue weighted by Crippen LogP contribution is -2.61. The molecule has 2 aromatic rings. The van der Waals surface area contributed by atoms with Crippen LogP contribution in [0.5, 0.6) is 5.75 Å². The predicted octanol–water partition coefficient (Wildman–Crippen LogP) is 1.88. The number of aldehydes is 1. The van der Waals surface area contributed by atoms with E-state index in [1.165, 1.54) is 18.9 Å². The molecule has 0 aliphatic carbocycles. The first-order valence-corrected chi connectivity index (χ1v) is 11.4. The van der Waals surface area contributed by atoms with Crippen LogP contribution in [0.2, 0.25) is 0 Å². The molecule has 188 valence electrons. The molecule has 0 radical (unpaired) electrons. The highest BCUT2D eigenvalue weighted by Crippen LogP contribution is 2.58. The van der Waals surface area contributed by atoms with Crippen molar-refractivity contribution in [2.45, 2.75) is 44.2 Å². The number of hydrogen-bond donors (Lipinski definition) is 1. The standard InChI is InChI=1S/C25H25N3O8/c1-14(30)28-20-10-27-19-8-17(11-29)9-21(33-12-16-6-4-3-5-7-16)22(19)18(13-34-24(26)32)25(36-27,23(20)28)35-15(2)31/h3-9,11,18,20,23H,10,12-13H2,1-2H3,(H2,26,32). The molecule has 2 bridgehead atoms. The monoisotopic (exact) mass is 495 g/mol. The predicted molar refractivity (Wildman–Crippen MR) is 124 cm³/mol. The van der Waals surface area contributed by atoms with Crippen molar-refractivity contribution >= 4 is 29.9 Å². The Hall–Kier alpha value is -4.12. The van der Waals surface area contributed by atoms with Gasteiger partial charge in [0, 0.05) is 25.0 Å². The van der Waals surface area contributed by atoms with Crippen LogP contribution in [0, 0.1) is 0 Å². The Morgan fingerprint density at radius 2 is 1.94 bits per heavy atom. The van der Waals surface area contributed by atoms with Gasteiger partial charge in [-0.3, -0.25) is 14.4 Å². The summed E-state index contributed by atoms with van der Waals surface area (Å²) < 4.78 is 17.2. The van der Waals surface area contributed by atoms with Gasteiger partial charge in [-0.05, 0) is 17.7 Å². The van der Waals surface area contributed by atoms with Crippen LogP contribution in [0.4, 0.5) is 10.5 Å². The van der Waals surface area contributed by atoms with E-state index in [9.17, 15) is 19.2 Å². The number of fused-ring (bicyclic) bond motifs is 6. The number of benzene rings is 2. The van der Waals surface area contributed by atoms with Gasteiger partial charge in [0.15, 0.2) is 0 Å². The minimum Gasteiger partial charge on any atom is -0.489 e. The number of rotatable bonds is 7. The van der Waals surface area contributed by atoms with E-state index < -0.39 is 29.8 Å². The minimum absolute atomic E-state index is 0.187. The summed E-state index contributed by atoms with van der Waals surface area (Å²) in [5, 5.41) is 1.51. The molecule has 2 aromatic carbocycles. The Labute approximate surface area is 206 Å². The van der Waals surface area contributed by atoms with Gasteiger partial charge < -0.3 is 24.8 Å². The number of carbonyl (C=O) groups is 4. The van der Waals surface area contributed by atoms with E-state index in [-0.39, 0.29) is 31.7 Å². The summed E-state index contributed by atoms with van der Waals surface area (Å²) in [5.74, 6) is -3.15. The van der Waals surface area contributed by atoms with Crippen molar-refractivity contribution < 1.29 is 38.2 Å². The Kier molecular flexibility index (Phi) is 5.79. The number of anilines is 1. The number of nitrogens with two attached hydrogens (primary N) is 1. The Balaban J connectivity index is 1.66. The second-order valence-electron chi connectivity index (χ2n) is 8.93. The van der Waals surface area contributed by atoms with Gasteiger partial charge in [0.25, 0.3) is 5.79 Å². The van der Waals surface area contributed by atoms with Crippen molar-refractivity contribution in [3.8, 4) is 5.75 Å². The maximum absolute atomic E-state index is 12.4. The number of hydrogen-bond acceptors (Lipinski definition) is 9. The number of ether oxygens (including phenoxy) is 3. The van der Waals surface area contributed by atoms with E-state index in [0.717, 1.165) is 5.56 Å². The summed E-state index contributed by atoms with van der Waals surface area (Å²) in [7, 11) is 0. The van der Waals surface area contributed by atoms with Crippen LogP contribution in [0.3, 0.4) is 0 Å². The van der Waals surface area contributed by atoms with Crippen molar-refractivity contribution in [1.82, 2.24) is 4.90 Å². The average Bonchev–Trinajstić information content (AvgIpc) is 3.58. The Bertz CT molecular complexity index is 1240. The van der Waals surface area contributed by atoms with E-state index in [4.69, 9.17) is 24.8 Å². The van der Waals surface area contributed by atoms with Gasteiger partial charge in [0.05, 0.1) is 24.2 Å². The van der Waals surface area contributed by atoms with E-state index in [1.807, 2.05) is 30.3 Å². The first-order valence-electron chi connectivity index (χ1n) is 11.4. The summed E-state index contributed by atoms with van der Waals surface area (Å²) in [4.78, 5) is 55.9. The molecule has 3 heterocycles. The second kappa shape index (κ2) is 8.83. The van der Waals surface area contributed by atoms with E-state index in [0.29, 0.717) is 28.8 Å². The molecule has 2 amide bonds. The highest BCUT2D eigenvalue weighted by molar-refractivity contribution is 5.82. The molecule has 2 fully saturated rings. The molecule has 2 N–H and O–H groups in total. The van der Waals surface area contributed by atoms with E-state index >= 15 is 0 Å². The van der Waals surface area contributed by atoms with Crippen LogP contribution < -0.4 is 15.5 Å². The summed E-state index contributed by atoms with van der Waals surface area (Å²) in [6.07, 6.45) is -0.343. The number of amides is 2. The third kappa shape index (κ3) is 3.91. The number of primary amides is 1. The lowest BCUT2D eigenvalue weighted by Gasteiger charge is -2.49. The molecular weight excluding hydrogens is 470 g/mol. The molecule has 0 aromatic heterocycles. The highest BCUT2D eigenvalue weighted by Gasteiger charge is 2.73. The molecule has 36 heavy (non-hydrogen) atoms. The number of carbonyl (C=O) groups excluding carboxylic acids is 4. The second-order valence-corrected chi connectivity index (χ2v) is 8.93. The molecule has 0 spiro atoms. The van der Waals surface area contributed by atoms with Gasteiger partial charge in [0.1, 0.15) is 31.3 Å². The highest BCUT2D eigenvalue weighted by atomic mass is 16.8. The van der Waals surface area contributed by atoms with Crippen molar-refractivity contribution in [3.05, 3.63) is 59.2 Å². The Morgan fingerprint density at radius 1 is 1.19 bits per heavy atom. The van der Waals surface area contributed by atoms with Crippen LogP contribution in [-0.4, -0.2) is 60.2 Å². The van der Waals surface area contributed by atoms with Crippen molar-refractivity contribution in [1.29, 1.82) is 0 Å². The summed E-state index contributed by atoms with van der Waals surface area (Å²) >= 11 is 0. The number of nitrogens with zero attached hydrogens (tertiary/aromatic N) is 2. The van der Waals surface area contributed by atoms with Gasteiger partial charge in [-0.15, -0.1) is 0 Å². The van der Waals surface area contributed by atoms with Gasteiger partial charge in [-0.1, -0.05) is 30.3 Å². The van der Waals surface area contributed by atoms with Crippen LogP contribution in [0.25, 0.3) is 0 Å². The minimum atomic E-state index is -1.70. The first kappa shape index (κ1) is 23.6. The Morgan fingerprint density at radius 3 is 2.58 bits per heavy atom. The van der Waals surface area contributed by atoms with Crippen molar-refractivity contribution in [2.75, 3.05) is 18.2 Å². The SMILES string of the molecule is CC(=O)OC12ON(CC3C1N3C(C)=O)c1cc(C=O)cc(OCc3ccccc3)c1C2COC(N)=O. The van der Waals surface area contributed by atoms with Crippen LogP contribution >= 0.6 is 0 Å². The fraction of sp³-hybridized carbons (Fsp3) is 0.360. The third-order valence-corrected chi connectivity index (χ3v) is 6.63. The lowest BCUT2D eigenvalue weighted by molar-refractivity contribution is -0.265. The lowest BCUT2D eigenvalue weighted by atomic mass is 9.82. The van der Waals surface area contributed by atoms with Gasteiger partial charge in [0.2, 0.25) is 5.91 Å². The topological polar surface area (TPSA) is 137 Å². The number of hydroxylamine groups is 1. The number of esters is 1. The zero-order valence-electron chi connectivity index (χ0n) is 19.7. The quantitative estimate of drug-likeness (QED) is 0.347. The fourth-order valence-corrected chi connectivity index (χ4v) is 5.26. The van der Waals surface area contributed by atoms with Gasteiger partial charge >= 0.3 is 12.1 Å². The summed E-state index contributed by atoms with van der Waals surface area (Å²) in [5.41, 5.74) is 7.49. The molecular formula is C25H25N3O8. The summed E-state index contributed by atoms with van der Waals surface area (Å²) in [6, 6.07) is 11.7. The smallest absolute Gasteiger partial charge is 0.404 e. The van der Waals surface area contributed by atoms with Crippen LogP contribution in [0.1, 0.15) is 41.3 Å².